The van der Waals surface area contributed by atoms with Crippen LogP contribution in [-0.2, 0) is 0 Å². The Bertz CT molecular complexity index is 300. The third-order valence-electron chi connectivity index (χ3n) is 3.90. The SMILES string of the molecule is CN(C)C1(CN=C(N)N2CCSCC2)CCSC1.I. The second-order valence-corrected chi connectivity index (χ2v) is 7.53. The van der Waals surface area contributed by atoms with E-state index in [0.717, 1.165) is 25.6 Å². The van der Waals surface area contributed by atoms with Gasteiger partial charge in [0.25, 0.3) is 0 Å². The minimum absolute atomic E-state index is 0. The summed E-state index contributed by atoms with van der Waals surface area (Å²) in [4.78, 5) is 9.23. The van der Waals surface area contributed by atoms with E-state index in [1.165, 1.54) is 29.4 Å². The van der Waals surface area contributed by atoms with Crippen LogP contribution in [0.4, 0.5) is 0 Å². The largest absolute Gasteiger partial charge is 0.370 e. The Kier molecular flexibility index (Phi) is 7.63. The lowest BCUT2D eigenvalue weighted by Crippen LogP contribution is -2.49. The molecule has 1 unspecified atom stereocenters. The number of hydrogen-bond donors (Lipinski definition) is 1. The Labute approximate surface area is 142 Å². The van der Waals surface area contributed by atoms with Crippen LogP contribution in [-0.4, -0.2) is 78.0 Å². The van der Waals surface area contributed by atoms with Crippen molar-refractivity contribution in [3.63, 3.8) is 0 Å². The smallest absolute Gasteiger partial charge is 0.191 e. The van der Waals surface area contributed by atoms with Crippen LogP contribution in [0.5, 0.6) is 0 Å². The van der Waals surface area contributed by atoms with Crippen LogP contribution in [0.2, 0.25) is 0 Å². The summed E-state index contributed by atoms with van der Waals surface area (Å²) >= 11 is 4.03. The molecule has 2 rings (SSSR count). The molecule has 0 aromatic rings. The van der Waals surface area contributed by atoms with E-state index in [0.29, 0.717) is 0 Å². The number of rotatable bonds is 3. The lowest BCUT2D eigenvalue weighted by Gasteiger charge is -2.35. The molecule has 1 atom stereocenters. The van der Waals surface area contributed by atoms with Crippen LogP contribution in [0.1, 0.15) is 6.42 Å². The van der Waals surface area contributed by atoms with Gasteiger partial charge in [-0.05, 0) is 26.3 Å². The number of hydrogen-bond acceptors (Lipinski definition) is 4. The van der Waals surface area contributed by atoms with Crippen molar-refractivity contribution in [2.45, 2.75) is 12.0 Å². The Hall–Kier alpha value is 0.660. The summed E-state index contributed by atoms with van der Waals surface area (Å²) in [7, 11) is 4.32. The van der Waals surface area contributed by atoms with Gasteiger partial charge in [0.05, 0.1) is 6.54 Å². The van der Waals surface area contributed by atoms with Gasteiger partial charge in [-0.1, -0.05) is 0 Å². The monoisotopic (exact) mass is 416 g/mol. The third kappa shape index (κ3) is 4.57. The number of nitrogens with zero attached hydrogens (tertiary/aromatic N) is 3. The summed E-state index contributed by atoms with van der Waals surface area (Å²) in [5, 5.41) is 0. The molecular weight excluding hydrogens is 391 g/mol. The average Bonchev–Trinajstić information content (AvgIpc) is 2.87. The molecule has 0 spiro atoms. The fourth-order valence-electron chi connectivity index (χ4n) is 2.34. The van der Waals surface area contributed by atoms with Crippen LogP contribution in [0.15, 0.2) is 4.99 Å². The van der Waals surface area contributed by atoms with Crippen molar-refractivity contribution < 1.29 is 0 Å². The molecule has 0 aromatic carbocycles. The minimum Gasteiger partial charge on any atom is -0.370 e. The van der Waals surface area contributed by atoms with E-state index in [1.807, 2.05) is 23.5 Å². The van der Waals surface area contributed by atoms with Gasteiger partial charge in [0, 0.05) is 35.9 Å². The van der Waals surface area contributed by atoms with E-state index in [1.54, 1.807) is 0 Å². The second-order valence-electron chi connectivity index (χ2n) is 5.20. The maximum atomic E-state index is 6.13. The molecule has 7 heteroatoms. The van der Waals surface area contributed by atoms with E-state index in [9.17, 15) is 0 Å². The fourth-order valence-corrected chi connectivity index (χ4v) is 4.78. The highest BCUT2D eigenvalue weighted by atomic mass is 127. The summed E-state index contributed by atoms with van der Waals surface area (Å²) in [6.07, 6.45) is 1.22. The molecular formula is C12H25IN4S2. The lowest BCUT2D eigenvalue weighted by atomic mass is 9.98. The summed E-state index contributed by atoms with van der Waals surface area (Å²) in [5.41, 5.74) is 6.35. The molecule has 2 N–H and O–H groups in total. The first-order valence-corrected chi connectivity index (χ1v) is 8.83. The topological polar surface area (TPSA) is 44.9 Å². The summed E-state index contributed by atoms with van der Waals surface area (Å²) < 4.78 is 0. The van der Waals surface area contributed by atoms with Gasteiger partial charge in [-0.25, -0.2) is 0 Å². The highest BCUT2D eigenvalue weighted by Gasteiger charge is 2.36. The average molecular weight is 416 g/mol. The quantitative estimate of drug-likeness (QED) is 0.428. The first-order valence-electron chi connectivity index (χ1n) is 6.52. The van der Waals surface area contributed by atoms with Gasteiger partial charge in [-0.3, -0.25) is 4.99 Å². The number of thioether (sulfide) groups is 2. The van der Waals surface area contributed by atoms with E-state index in [4.69, 9.17) is 5.73 Å². The van der Waals surface area contributed by atoms with E-state index in [-0.39, 0.29) is 29.5 Å². The van der Waals surface area contributed by atoms with Gasteiger partial charge >= 0.3 is 0 Å². The van der Waals surface area contributed by atoms with E-state index < -0.39 is 0 Å². The van der Waals surface area contributed by atoms with Gasteiger partial charge < -0.3 is 15.5 Å². The van der Waals surface area contributed by atoms with Crippen molar-refractivity contribution in [3.05, 3.63) is 0 Å². The van der Waals surface area contributed by atoms with Crippen molar-refractivity contribution >= 4 is 53.5 Å². The molecule has 4 nitrogen and oxygen atoms in total. The van der Waals surface area contributed by atoms with Crippen molar-refractivity contribution in [1.29, 1.82) is 0 Å². The molecule has 0 aromatic heterocycles. The fraction of sp³-hybridized carbons (Fsp3) is 0.917. The number of likely N-dealkylation sites (N-methyl/N-ethyl adjacent to an activating group) is 1. The maximum Gasteiger partial charge on any atom is 0.191 e. The molecule has 2 aliphatic rings. The Balaban J connectivity index is 0.00000180. The zero-order valence-corrected chi connectivity index (χ0v) is 15.8. The first kappa shape index (κ1) is 17.7. The molecule has 0 saturated carbocycles. The predicted octanol–water partition coefficient (Wildman–Crippen LogP) is 1.41. The Morgan fingerprint density at radius 2 is 1.95 bits per heavy atom. The van der Waals surface area contributed by atoms with Crippen molar-refractivity contribution in [3.8, 4) is 0 Å². The van der Waals surface area contributed by atoms with Crippen LogP contribution in [0.25, 0.3) is 0 Å². The normalized spacial score (nSPS) is 28.6. The van der Waals surface area contributed by atoms with E-state index in [2.05, 4.69) is 28.9 Å². The molecule has 19 heavy (non-hydrogen) atoms. The second kappa shape index (κ2) is 8.19. The lowest BCUT2D eigenvalue weighted by molar-refractivity contribution is 0.189. The summed E-state index contributed by atoms with van der Waals surface area (Å²) in [6, 6.07) is 0. The van der Waals surface area contributed by atoms with Gasteiger partial charge in [-0.2, -0.15) is 23.5 Å². The number of nitrogens with two attached hydrogens (primary N) is 1. The van der Waals surface area contributed by atoms with Crippen LogP contribution < -0.4 is 5.73 Å². The molecule has 2 saturated heterocycles. The minimum atomic E-state index is 0. The zero-order chi connectivity index (χ0) is 13.0. The number of aliphatic imine (C=N–C) groups is 1. The van der Waals surface area contributed by atoms with Crippen molar-refractivity contribution in [2.24, 2.45) is 10.7 Å². The van der Waals surface area contributed by atoms with Crippen LogP contribution in [0, 0.1) is 0 Å². The summed E-state index contributed by atoms with van der Waals surface area (Å²) in [5.74, 6) is 5.50. The predicted molar refractivity (Wildman–Crippen MR) is 99.2 cm³/mol. The number of guanidine groups is 1. The van der Waals surface area contributed by atoms with Crippen LogP contribution in [0.3, 0.4) is 0 Å². The third-order valence-corrected chi connectivity index (χ3v) is 6.08. The molecule has 2 aliphatic heterocycles. The first-order chi connectivity index (χ1) is 8.64. The highest BCUT2D eigenvalue weighted by molar-refractivity contribution is 14.0. The van der Waals surface area contributed by atoms with Gasteiger partial charge in [-0.15, -0.1) is 24.0 Å². The Morgan fingerprint density at radius 1 is 1.26 bits per heavy atom. The Morgan fingerprint density at radius 3 is 2.47 bits per heavy atom. The molecule has 0 amide bonds. The molecule has 0 aliphatic carbocycles. The molecule has 112 valence electrons. The summed E-state index contributed by atoms with van der Waals surface area (Å²) in [6.45, 7) is 2.93. The van der Waals surface area contributed by atoms with Crippen molar-refractivity contribution in [2.75, 3.05) is 56.7 Å². The standard InChI is InChI=1S/C12H24N4S2.HI/c1-15(2)12(3-6-18-10-12)9-14-11(13)16-4-7-17-8-5-16;/h3-10H2,1-2H3,(H2,13,14);1H. The van der Waals surface area contributed by atoms with Gasteiger partial charge in [0.15, 0.2) is 5.96 Å². The zero-order valence-electron chi connectivity index (χ0n) is 11.8. The van der Waals surface area contributed by atoms with Crippen LogP contribution >= 0.6 is 47.5 Å². The van der Waals surface area contributed by atoms with Gasteiger partial charge in [0.1, 0.15) is 0 Å². The van der Waals surface area contributed by atoms with Gasteiger partial charge in [0.2, 0.25) is 0 Å². The molecule has 2 heterocycles. The molecule has 2 fully saturated rings. The molecule has 0 bridgehead atoms. The highest BCUT2D eigenvalue weighted by Crippen LogP contribution is 2.32. The van der Waals surface area contributed by atoms with E-state index >= 15 is 0 Å². The molecule has 0 radical (unpaired) electrons. The number of halogens is 1. The maximum absolute atomic E-state index is 6.13. The van der Waals surface area contributed by atoms with Crippen molar-refractivity contribution in [1.82, 2.24) is 9.80 Å².